The molecular weight excluding hydrogens is 596 g/mol. The van der Waals surface area contributed by atoms with Crippen molar-refractivity contribution >= 4 is 38.3 Å². The summed E-state index contributed by atoms with van der Waals surface area (Å²) >= 11 is 0. The van der Waals surface area contributed by atoms with Crippen LogP contribution in [0.3, 0.4) is 0 Å². The number of aliphatic hydroxyl groups is 1. The lowest BCUT2D eigenvalue weighted by molar-refractivity contribution is -0.154. The smallest absolute Gasteiger partial charge is 0.306 e. The predicted octanol–water partition coefficient (Wildman–Crippen LogP) is 9.95. The molecule has 5 nitrogen and oxygen atoms in total. The summed E-state index contributed by atoms with van der Waals surface area (Å²) in [6, 6.07) is 27.1. The number of allylic oxidation sites excluding steroid dienone is 2. The Hall–Kier alpha value is -4.45. The van der Waals surface area contributed by atoms with E-state index in [1.165, 1.54) is 21.5 Å². The Morgan fingerprint density at radius 1 is 0.771 bits per heavy atom. The van der Waals surface area contributed by atoms with Gasteiger partial charge in [-0.25, -0.2) is 0 Å². The van der Waals surface area contributed by atoms with E-state index in [4.69, 9.17) is 14.2 Å². The van der Waals surface area contributed by atoms with Crippen molar-refractivity contribution in [2.45, 2.75) is 76.6 Å². The van der Waals surface area contributed by atoms with Gasteiger partial charge in [0.1, 0.15) is 17.0 Å². The summed E-state index contributed by atoms with van der Waals surface area (Å²) in [5, 5.41) is 20.2. The lowest BCUT2D eigenvalue weighted by atomic mass is 9.77. The summed E-state index contributed by atoms with van der Waals surface area (Å²) < 4.78 is 16.9. The Kier molecular flexibility index (Phi) is 9.73. The SMILES string of the molecule is COc1ccc(C(O)(C2=CC=CC(OC)C(CCCCCCC(=O)OC(C)(C)C)=C2)c2cc3ccc4cccc5ccc(c2)c3c45)cc1. The van der Waals surface area contributed by atoms with Gasteiger partial charge in [-0.1, -0.05) is 91.7 Å². The molecule has 2 atom stereocenters. The van der Waals surface area contributed by atoms with Crippen LogP contribution in [0.2, 0.25) is 0 Å². The molecule has 0 fully saturated rings. The minimum absolute atomic E-state index is 0.141. The average molecular weight is 643 g/mol. The lowest BCUT2D eigenvalue weighted by Gasteiger charge is -2.32. The number of hydrogen-bond donors (Lipinski definition) is 1. The maximum Gasteiger partial charge on any atom is 0.306 e. The van der Waals surface area contributed by atoms with Gasteiger partial charge in [0.2, 0.25) is 0 Å². The van der Waals surface area contributed by atoms with Crippen molar-refractivity contribution in [2.24, 2.45) is 0 Å². The highest BCUT2D eigenvalue weighted by atomic mass is 16.6. The highest BCUT2D eigenvalue weighted by molar-refractivity contribution is 6.23. The Labute approximate surface area is 283 Å². The van der Waals surface area contributed by atoms with Crippen LogP contribution in [0, 0.1) is 0 Å². The zero-order chi connectivity index (χ0) is 33.9. The summed E-state index contributed by atoms with van der Waals surface area (Å²) in [5.74, 6) is 0.590. The van der Waals surface area contributed by atoms with Crippen LogP contribution < -0.4 is 4.74 Å². The number of carbonyl (C=O) groups is 1. The lowest BCUT2D eigenvalue weighted by Crippen LogP contribution is -2.29. The Bertz CT molecular complexity index is 1930. The highest BCUT2D eigenvalue weighted by Crippen LogP contribution is 2.44. The molecule has 0 saturated carbocycles. The summed E-state index contributed by atoms with van der Waals surface area (Å²) in [6.45, 7) is 5.69. The molecule has 5 aromatic rings. The molecule has 0 aliphatic heterocycles. The number of benzene rings is 5. The molecular formula is C43H46O5. The Balaban J connectivity index is 1.34. The molecule has 0 aromatic heterocycles. The van der Waals surface area contributed by atoms with Gasteiger partial charge < -0.3 is 19.3 Å². The first-order chi connectivity index (χ1) is 23.1. The molecule has 48 heavy (non-hydrogen) atoms. The van der Waals surface area contributed by atoms with E-state index in [1.54, 1.807) is 14.2 Å². The molecule has 0 radical (unpaired) electrons. The third kappa shape index (κ3) is 6.89. The van der Waals surface area contributed by atoms with Crippen molar-refractivity contribution in [3.8, 4) is 5.75 Å². The fraction of sp³-hybridized carbons (Fsp3) is 0.326. The highest BCUT2D eigenvalue weighted by Gasteiger charge is 2.36. The zero-order valence-corrected chi connectivity index (χ0v) is 28.7. The molecule has 0 saturated heterocycles. The van der Waals surface area contributed by atoms with E-state index in [9.17, 15) is 9.90 Å². The van der Waals surface area contributed by atoms with E-state index in [0.717, 1.165) is 70.9 Å². The second-order valence-corrected chi connectivity index (χ2v) is 13.8. The van der Waals surface area contributed by atoms with Crippen molar-refractivity contribution in [3.05, 3.63) is 125 Å². The normalized spacial score (nSPS) is 16.5. The van der Waals surface area contributed by atoms with Gasteiger partial charge in [0.25, 0.3) is 0 Å². The average Bonchev–Trinajstić information content (AvgIpc) is 3.30. The Morgan fingerprint density at radius 2 is 1.40 bits per heavy atom. The van der Waals surface area contributed by atoms with Gasteiger partial charge in [-0.05, 0) is 119 Å². The predicted molar refractivity (Wildman–Crippen MR) is 196 cm³/mol. The van der Waals surface area contributed by atoms with Crippen LogP contribution in [0.15, 0.2) is 114 Å². The van der Waals surface area contributed by atoms with Gasteiger partial charge in [-0.3, -0.25) is 4.79 Å². The summed E-state index contributed by atoms with van der Waals surface area (Å²) in [6.07, 6.45) is 12.9. The third-order valence-electron chi connectivity index (χ3n) is 9.34. The number of carbonyl (C=O) groups excluding carboxylic acids is 1. The van der Waals surface area contributed by atoms with Crippen LogP contribution in [-0.4, -0.2) is 37.0 Å². The van der Waals surface area contributed by atoms with Gasteiger partial charge in [0.05, 0.1) is 13.2 Å². The maximum absolute atomic E-state index is 13.1. The van der Waals surface area contributed by atoms with Crippen molar-refractivity contribution < 1.29 is 24.1 Å². The van der Waals surface area contributed by atoms with Crippen molar-refractivity contribution in [1.29, 1.82) is 0 Å². The largest absolute Gasteiger partial charge is 0.497 e. The van der Waals surface area contributed by atoms with E-state index in [1.807, 2.05) is 57.2 Å². The van der Waals surface area contributed by atoms with E-state index in [-0.39, 0.29) is 12.1 Å². The molecule has 1 aliphatic rings. The molecule has 0 spiro atoms. The van der Waals surface area contributed by atoms with Crippen LogP contribution in [-0.2, 0) is 19.9 Å². The molecule has 6 rings (SSSR count). The first kappa shape index (κ1) is 33.5. The quantitative estimate of drug-likeness (QED) is 0.0834. The first-order valence-electron chi connectivity index (χ1n) is 17.0. The number of hydrogen-bond acceptors (Lipinski definition) is 5. The number of esters is 1. The van der Waals surface area contributed by atoms with E-state index in [2.05, 4.69) is 66.7 Å². The molecule has 5 aromatic carbocycles. The number of unbranched alkanes of at least 4 members (excludes halogenated alkanes) is 3. The third-order valence-corrected chi connectivity index (χ3v) is 9.34. The maximum atomic E-state index is 13.1. The molecule has 0 heterocycles. The van der Waals surface area contributed by atoms with Gasteiger partial charge in [0.15, 0.2) is 0 Å². The van der Waals surface area contributed by atoms with Crippen molar-refractivity contribution in [2.75, 3.05) is 14.2 Å². The van der Waals surface area contributed by atoms with Crippen LogP contribution >= 0.6 is 0 Å². The zero-order valence-electron chi connectivity index (χ0n) is 28.7. The summed E-state index contributed by atoms with van der Waals surface area (Å²) in [7, 11) is 3.37. The number of rotatable bonds is 12. The van der Waals surface area contributed by atoms with Gasteiger partial charge >= 0.3 is 5.97 Å². The van der Waals surface area contributed by atoms with E-state index in [0.29, 0.717) is 6.42 Å². The fourth-order valence-electron chi connectivity index (χ4n) is 7.02. The van der Waals surface area contributed by atoms with Crippen LogP contribution in [0.1, 0.15) is 70.4 Å². The monoisotopic (exact) mass is 642 g/mol. The van der Waals surface area contributed by atoms with Gasteiger partial charge in [0, 0.05) is 13.5 Å². The fourth-order valence-corrected chi connectivity index (χ4v) is 7.02. The van der Waals surface area contributed by atoms with Crippen LogP contribution in [0.5, 0.6) is 5.75 Å². The molecule has 2 unspecified atom stereocenters. The molecule has 0 bridgehead atoms. The van der Waals surface area contributed by atoms with Crippen molar-refractivity contribution in [3.63, 3.8) is 0 Å². The minimum atomic E-state index is -1.46. The minimum Gasteiger partial charge on any atom is -0.497 e. The summed E-state index contributed by atoms with van der Waals surface area (Å²) in [5.41, 5.74) is 1.52. The van der Waals surface area contributed by atoms with E-state index < -0.39 is 11.2 Å². The first-order valence-corrected chi connectivity index (χ1v) is 17.0. The molecule has 248 valence electrons. The topological polar surface area (TPSA) is 65.0 Å². The molecule has 0 amide bonds. The van der Waals surface area contributed by atoms with E-state index >= 15 is 0 Å². The van der Waals surface area contributed by atoms with Crippen LogP contribution in [0.25, 0.3) is 32.3 Å². The Morgan fingerprint density at radius 3 is 2.02 bits per heavy atom. The van der Waals surface area contributed by atoms with Crippen LogP contribution in [0.4, 0.5) is 0 Å². The molecule has 5 heteroatoms. The number of ether oxygens (including phenoxy) is 3. The van der Waals surface area contributed by atoms with Gasteiger partial charge in [-0.15, -0.1) is 0 Å². The molecule has 1 N–H and O–H groups in total. The number of methoxy groups -OCH3 is 2. The van der Waals surface area contributed by atoms with Crippen molar-refractivity contribution in [1.82, 2.24) is 0 Å². The van der Waals surface area contributed by atoms with Gasteiger partial charge in [-0.2, -0.15) is 0 Å². The second kappa shape index (κ2) is 14.0. The standard InChI is InChI=1S/C43H46O5/c1-42(2,3)48-39(44)17-9-7-6-8-12-31-26-35(15-11-16-38(31)47-5)43(45,34-22-24-37(46-4)25-23-34)36-27-32-20-18-29-13-10-14-30-19-21-33(28-36)41(32)40(29)30/h10-11,13-16,18-28,38,45H,6-9,12,17H2,1-5H3. The second-order valence-electron chi connectivity index (χ2n) is 13.8. The summed E-state index contributed by atoms with van der Waals surface area (Å²) in [4.78, 5) is 12.1. The molecule has 1 aliphatic carbocycles.